The van der Waals surface area contributed by atoms with Gasteiger partial charge in [0.25, 0.3) is 11.7 Å². The van der Waals surface area contributed by atoms with Gasteiger partial charge in [-0.25, -0.2) is 0 Å². The van der Waals surface area contributed by atoms with Crippen LogP contribution in [0.15, 0.2) is 78.4 Å². The van der Waals surface area contributed by atoms with Gasteiger partial charge in [0, 0.05) is 18.7 Å². The Labute approximate surface area is 236 Å². The summed E-state index contributed by atoms with van der Waals surface area (Å²) in [6.45, 7) is 11.5. The molecule has 7 heteroatoms. The molecule has 1 atom stereocenters. The van der Waals surface area contributed by atoms with Gasteiger partial charge in [-0.1, -0.05) is 74.0 Å². The number of nitrogens with zero attached hydrogens (tertiary/aromatic N) is 2. The third-order valence-electron chi connectivity index (χ3n) is 7.32. The molecule has 3 aromatic rings. The van der Waals surface area contributed by atoms with E-state index in [1.54, 1.807) is 17.0 Å². The first-order valence-corrected chi connectivity index (χ1v) is 13.8. The number of ketones is 1. The van der Waals surface area contributed by atoms with Crippen molar-refractivity contribution >= 4 is 17.4 Å². The Morgan fingerprint density at radius 2 is 1.52 bits per heavy atom. The third-order valence-corrected chi connectivity index (χ3v) is 7.32. The van der Waals surface area contributed by atoms with Crippen LogP contribution >= 0.6 is 0 Å². The SMILES string of the molecule is CCN(CC)CCN1C(=O)C(=O)C(=C(O)c2ccc(C)cc2)[C@@H]1c1ccc(OCCOc2ccccc2C)cc1. The van der Waals surface area contributed by atoms with Crippen molar-refractivity contribution in [3.05, 3.63) is 101 Å². The normalized spacial score (nSPS) is 16.5. The molecule has 3 aromatic carbocycles. The fourth-order valence-corrected chi connectivity index (χ4v) is 4.89. The molecule has 0 bridgehead atoms. The minimum atomic E-state index is -0.699. The highest BCUT2D eigenvalue weighted by atomic mass is 16.5. The summed E-state index contributed by atoms with van der Waals surface area (Å²) in [7, 11) is 0. The maximum absolute atomic E-state index is 13.3. The minimum absolute atomic E-state index is 0.105. The van der Waals surface area contributed by atoms with E-state index in [9.17, 15) is 14.7 Å². The summed E-state index contributed by atoms with van der Waals surface area (Å²) in [6, 6.07) is 21.7. The van der Waals surface area contributed by atoms with Crippen molar-refractivity contribution in [1.29, 1.82) is 0 Å². The molecule has 40 heavy (non-hydrogen) atoms. The van der Waals surface area contributed by atoms with E-state index in [1.807, 2.05) is 74.5 Å². The molecule has 1 fully saturated rings. The molecular formula is C33H38N2O5. The number of ether oxygens (including phenoxy) is 2. The van der Waals surface area contributed by atoms with Gasteiger partial charge < -0.3 is 24.4 Å². The van der Waals surface area contributed by atoms with Crippen LogP contribution in [-0.2, 0) is 9.59 Å². The maximum atomic E-state index is 13.3. The number of Topliss-reactive ketones (excluding diaryl/α,β-unsaturated/α-hetero) is 1. The smallest absolute Gasteiger partial charge is 0.295 e. The largest absolute Gasteiger partial charge is 0.507 e. The molecule has 4 rings (SSSR count). The van der Waals surface area contributed by atoms with E-state index >= 15 is 0 Å². The van der Waals surface area contributed by atoms with E-state index < -0.39 is 17.7 Å². The first kappa shape index (κ1) is 28.9. The number of rotatable bonds is 12. The molecule has 210 valence electrons. The van der Waals surface area contributed by atoms with E-state index in [1.165, 1.54) is 0 Å². The lowest BCUT2D eigenvalue weighted by Crippen LogP contribution is -2.38. The van der Waals surface area contributed by atoms with Crippen molar-refractivity contribution in [2.75, 3.05) is 39.4 Å². The second-order valence-electron chi connectivity index (χ2n) is 9.92. The fraction of sp³-hybridized carbons (Fsp3) is 0.333. The molecule has 1 saturated heterocycles. The number of hydrogen-bond donors (Lipinski definition) is 1. The zero-order valence-corrected chi connectivity index (χ0v) is 23.7. The predicted molar refractivity (Wildman–Crippen MR) is 157 cm³/mol. The molecule has 0 spiro atoms. The highest BCUT2D eigenvalue weighted by molar-refractivity contribution is 6.46. The van der Waals surface area contributed by atoms with Crippen LogP contribution in [0.1, 0.15) is 42.1 Å². The first-order chi connectivity index (χ1) is 19.3. The Morgan fingerprint density at radius 3 is 2.17 bits per heavy atom. The number of carbonyl (C=O) groups is 2. The van der Waals surface area contributed by atoms with Crippen molar-refractivity contribution in [1.82, 2.24) is 9.80 Å². The zero-order valence-electron chi connectivity index (χ0n) is 23.7. The lowest BCUT2D eigenvalue weighted by Gasteiger charge is -2.28. The molecule has 1 N–H and O–H groups in total. The van der Waals surface area contributed by atoms with Crippen molar-refractivity contribution in [2.24, 2.45) is 0 Å². The van der Waals surface area contributed by atoms with Gasteiger partial charge in [0.1, 0.15) is 30.5 Å². The number of aliphatic hydroxyl groups is 1. The zero-order chi connectivity index (χ0) is 28.6. The van der Waals surface area contributed by atoms with Gasteiger partial charge in [0.05, 0.1) is 11.6 Å². The van der Waals surface area contributed by atoms with Gasteiger partial charge in [-0.2, -0.15) is 0 Å². The van der Waals surface area contributed by atoms with Gasteiger partial charge in [0.2, 0.25) is 0 Å². The van der Waals surface area contributed by atoms with Crippen LogP contribution in [0.25, 0.3) is 5.76 Å². The molecule has 1 aliphatic heterocycles. The van der Waals surface area contributed by atoms with E-state index in [4.69, 9.17) is 9.47 Å². The summed E-state index contributed by atoms with van der Waals surface area (Å²) < 4.78 is 11.7. The minimum Gasteiger partial charge on any atom is -0.507 e. The van der Waals surface area contributed by atoms with Gasteiger partial charge in [-0.05, 0) is 56.3 Å². The molecule has 0 unspecified atom stereocenters. The lowest BCUT2D eigenvalue weighted by atomic mass is 9.95. The summed E-state index contributed by atoms with van der Waals surface area (Å²) in [5.74, 6) is 0.0449. The number of para-hydroxylation sites is 1. The predicted octanol–water partition coefficient (Wildman–Crippen LogP) is 5.52. The maximum Gasteiger partial charge on any atom is 0.295 e. The summed E-state index contributed by atoms with van der Waals surface area (Å²) in [4.78, 5) is 30.3. The Kier molecular flexibility index (Phi) is 9.61. The van der Waals surface area contributed by atoms with Crippen LogP contribution in [0.4, 0.5) is 0 Å². The number of likely N-dealkylation sites (N-methyl/N-ethyl adjacent to an activating group) is 1. The van der Waals surface area contributed by atoms with Gasteiger partial charge >= 0.3 is 0 Å². The van der Waals surface area contributed by atoms with Crippen molar-refractivity contribution in [2.45, 2.75) is 33.7 Å². The number of amides is 1. The molecule has 1 amide bonds. The summed E-state index contributed by atoms with van der Waals surface area (Å²) in [6.07, 6.45) is 0. The molecule has 0 radical (unpaired) electrons. The Hall–Kier alpha value is -4.10. The lowest BCUT2D eigenvalue weighted by molar-refractivity contribution is -0.140. The Balaban J connectivity index is 1.56. The van der Waals surface area contributed by atoms with Crippen molar-refractivity contribution in [3.63, 3.8) is 0 Å². The topological polar surface area (TPSA) is 79.3 Å². The number of hydrogen-bond acceptors (Lipinski definition) is 6. The summed E-state index contributed by atoms with van der Waals surface area (Å²) in [5.41, 5.74) is 3.44. The molecule has 1 heterocycles. The van der Waals surface area contributed by atoms with Crippen molar-refractivity contribution in [3.8, 4) is 11.5 Å². The van der Waals surface area contributed by atoms with Crippen LogP contribution < -0.4 is 9.47 Å². The number of benzene rings is 3. The molecular weight excluding hydrogens is 504 g/mol. The monoisotopic (exact) mass is 542 g/mol. The summed E-state index contributed by atoms with van der Waals surface area (Å²) >= 11 is 0. The molecule has 0 aliphatic carbocycles. The van der Waals surface area contributed by atoms with Crippen LogP contribution in [0.5, 0.6) is 11.5 Å². The third kappa shape index (κ3) is 6.54. The van der Waals surface area contributed by atoms with Crippen LogP contribution in [-0.4, -0.2) is 66.0 Å². The van der Waals surface area contributed by atoms with Crippen LogP contribution in [0.2, 0.25) is 0 Å². The summed E-state index contributed by atoms with van der Waals surface area (Å²) in [5, 5.41) is 11.3. The number of likely N-dealkylation sites (tertiary alicyclic amines) is 1. The highest BCUT2D eigenvalue weighted by Gasteiger charge is 2.46. The van der Waals surface area contributed by atoms with E-state index in [-0.39, 0.29) is 11.3 Å². The van der Waals surface area contributed by atoms with Gasteiger partial charge in [0.15, 0.2) is 0 Å². The molecule has 1 aliphatic rings. The number of carbonyl (C=O) groups excluding carboxylic acids is 2. The molecule has 0 saturated carbocycles. The number of aryl methyl sites for hydroxylation is 2. The average Bonchev–Trinajstić information content (AvgIpc) is 3.22. The van der Waals surface area contributed by atoms with Gasteiger partial charge in [-0.3, -0.25) is 9.59 Å². The first-order valence-electron chi connectivity index (χ1n) is 13.8. The van der Waals surface area contributed by atoms with Gasteiger partial charge in [-0.15, -0.1) is 0 Å². The Bertz CT molecular complexity index is 1340. The fourth-order valence-electron chi connectivity index (χ4n) is 4.89. The standard InChI is InChI=1S/C33H38N2O5/c1-5-34(6-2)19-20-35-30(29(32(37)33(35)38)31(36)26-13-11-23(3)12-14-26)25-15-17-27(18-16-25)39-21-22-40-28-10-8-7-9-24(28)4/h7-18,30,36H,5-6,19-22H2,1-4H3/t30-/m0/s1. The second kappa shape index (κ2) is 13.3. The quantitative estimate of drug-likeness (QED) is 0.140. The van der Waals surface area contributed by atoms with Crippen LogP contribution in [0.3, 0.4) is 0 Å². The van der Waals surface area contributed by atoms with Crippen molar-refractivity contribution < 1.29 is 24.2 Å². The van der Waals surface area contributed by atoms with E-state index in [2.05, 4.69) is 18.7 Å². The highest BCUT2D eigenvalue weighted by Crippen LogP contribution is 2.39. The molecule has 7 nitrogen and oxygen atoms in total. The second-order valence-corrected chi connectivity index (χ2v) is 9.92. The van der Waals surface area contributed by atoms with Crippen LogP contribution in [0, 0.1) is 13.8 Å². The average molecular weight is 543 g/mol. The Morgan fingerprint density at radius 1 is 0.875 bits per heavy atom. The van der Waals surface area contributed by atoms with E-state index in [0.29, 0.717) is 37.6 Å². The van der Waals surface area contributed by atoms with E-state index in [0.717, 1.165) is 35.5 Å². The molecule has 0 aromatic heterocycles. The number of aliphatic hydroxyl groups excluding tert-OH is 1.